The summed E-state index contributed by atoms with van der Waals surface area (Å²) in [6.07, 6.45) is 9.77. The summed E-state index contributed by atoms with van der Waals surface area (Å²) in [4.78, 5) is 33.1. The van der Waals surface area contributed by atoms with Crippen LogP contribution in [0.25, 0.3) is 22.3 Å². The molecule has 47 heavy (non-hydrogen) atoms. The molecule has 8 rings (SSSR count). The number of aryl methyl sites for hydroxylation is 3. The number of aromatic nitrogens is 4. The number of hydrogen-bond donors (Lipinski definition) is 1. The molecule has 0 unspecified atom stereocenters. The molecule has 1 amide bonds. The topological polar surface area (TPSA) is 97.6 Å². The molecule has 0 radical (unpaired) electrons. The molecule has 1 N–H and O–H groups in total. The monoisotopic (exact) mass is 635 g/mol. The van der Waals surface area contributed by atoms with Crippen molar-refractivity contribution in [3.8, 4) is 17.0 Å². The number of ether oxygens (including phenoxy) is 2. The molecular formula is C37H45N7O3. The summed E-state index contributed by atoms with van der Waals surface area (Å²) in [5, 5.41) is 3.16. The van der Waals surface area contributed by atoms with Gasteiger partial charge in [0.25, 0.3) is 5.91 Å². The first-order valence-electron chi connectivity index (χ1n) is 17.4. The van der Waals surface area contributed by atoms with Crippen molar-refractivity contribution in [3.05, 3.63) is 59.5 Å². The highest BCUT2D eigenvalue weighted by Gasteiger charge is 2.40. The fourth-order valence-corrected chi connectivity index (χ4v) is 7.86. The van der Waals surface area contributed by atoms with Gasteiger partial charge in [0.2, 0.25) is 5.95 Å². The number of amides is 1. The molecule has 4 aliphatic rings. The third-order valence-corrected chi connectivity index (χ3v) is 10.9. The lowest BCUT2D eigenvalue weighted by molar-refractivity contribution is -0.0834. The summed E-state index contributed by atoms with van der Waals surface area (Å²) in [5.41, 5.74) is 7.32. The minimum Gasteiger partial charge on any atom is -0.493 e. The quantitative estimate of drug-likeness (QED) is 0.286. The number of benzene rings is 1. The predicted octanol–water partition coefficient (Wildman–Crippen LogP) is 6.01. The highest BCUT2D eigenvalue weighted by Crippen LogP contribution is 2.43. The molecule has 246 valence electrons. The summed E-state index contributed by atoms with van der Waals surface area (Å²) in [5.74, 6) is 1.13. The number of fused-ring (bicyclic) bond motifs is 7. The number of piperidine rings is 2. The van der Waals surface area contributed by atoms with Gasteiger partial charge in [0.15, 0.2) is 0 Å². The minimum absolute atomic E-state index is 0.205. The van der Waals surface area contributed by atoms with Crippen LogP contribution in [0.2, 0.25) is 0 Å². The SMILES string of the molecule is Cc1cc2c(cn1)-c1cc(cc(C)n1)C(=O)Nc1nc3ccc(N4CCC5(CC4)CCN(C4COC4)CC5)cc3n1CCCCCO2. The molecule has 4 aliphatic heterocycles. The van der Waals surface area contributed by atoms with Crippen LogP contribution < -0.4 is 15.0 Å². The molecule has 0 saturated carbocycles. The van der Waals surface area contributed by atoms with E-state index in [2.05, 4.69) is 42.9 Å². The average molecular weight is 636 g/mol. The molecule has 3 fully saturated rings. The largest absolute Gasteiger partial charge is 0.493 e. The summed E-state index contributed by atoms with van der Waals surface area (Å²) >= 11 is 0. The Morgan fingerprint density at radius 1 is 0.872 bits per heavy atom. The maximum Gasteiger partial charge on any atom is 0.258 e. The van der Waals surface area contributed by atoms with Gasteiger partial charge in [-0.2, -0.15) is 0 Å². The Kier molecular flexibility index (Phi) is 8.09. The highest BCUT2D eigenvalue weighted by molar-refractivity contribution is 6.05. The number of carbonyl (C=O) groups excluding carboxylic acids is 1. The van der Waals surface area contributed by atoms with Crippen LogP contribution >= 0.6 is 0 Å². The Balaban J connectivity index is 1.04. The van der Waals surface area contributed by atoms with Crippen molar-refractivity contribution in [2.45, 2.75) is 71.4 Å². The number of hydrogen-bond acceptors (Lipinski definition) is 8. The lowest BCUT2D eigenvalue weighted by Gasteiger charge is -2.50. The Labute approximate surface area is 276 Å². The summed E-state index contributed by atoms with van der Waals surface area (Å²) in [6, 6.07) is 12.9. The highest BCUT2D eigenvalue weighted by atomic mass is 16.5. The number of anilines is 2. The molecule has 10 nitrogen and oxygen atoms in total. The van der Waals surface area contributed by atoms with Crippen LogP contribution in [-0.2, 0) is 11.3 Å². The standard InChI is InChI=1S/C37H45N7O3/c1-25-19-34-30(22-38-25)32-20-27(18-26(2)39-32)35(45)41-36-40-31-7-6-28(21-33(31)44(36)12-4-3-5-17-47-34)42-13-8-37(9-14-42)10-15-43(16-11-37)29-23-46-24-29/h6-7,18-22,29H,3-5,8-17,23-24H2,1-2H3,(H,40,41,45). The van der Waals surface area contributed by atoms with E-state index in [0.29, 0.717) is 35.3 Å². The number of nitrogens with zero attached hydrogens (tertiary/aromatic N) is 6. The van der Waals surface area contributed by atoms with Crippen LogP contribution in [0.5, 0.6) is 5.75 Å². The van der Waals surface area contributed by atoms with E-state index >= 15 is 0 Å². The van der Waals surface area contributed by atoms with Crippen molar-refractivity contribution in [1.82, 2.24) is 24.4 Å². The van der Waals surface area contributed by atoms with E-state index in [1.807, 2.05) is 32.0 Å². The number of carbonyl (C=O) groups is 1. The first-order valence-corrected chi connectivity index (χ1v) is 17.4. The number of pyridine rings is 2. The molecule has 1 spiro atoms. The first-order chi connectivity index (χ1) is 22.9. The van der Waals surface area contributed by atoms with Crippen molar-refractivity contribution in [3.63, 3.8) is 0 Å². The van der Waals surface area contributed by atoms with E-state index in [0.717, 1.165) is 85.8 Å². The minimum atomic E-state index is -0.205. The van der Waals surface area contributed by atoms with E-state index in [1.54, 1.807) is 6.20 Å². The van der Waals surface area contributed by atoms with Crippen LogP contribution in [0.4, 0.5) is 11.6 Å². The number of imidazole rings is 1. The van der Waals surface area contributed by atoms with Crippen LogP contribution in [-0.4, -0.2) is 82.4 Å². The molecule has 1 aromatic carbocycles. The summed E-state index contributed by atoms with van der Waals surface area (Å²) < 4.78 is 13.9. The number of nitrogens with one attached hydrogen (secondary N) is 1. The van der Waals surface area contributed by atoms with Gasteiger partial charge in [0, 0.05) is 54.5 Å². The van der Waals surface area contributed by atoms with Crippen molar-refractivity contribution in [2.24, 2.45) is 5.41 Å². The van der Waals surface area contributed by atoms with Gasteiger partial charge in [0.1, 0.15) is 5.75 Å². The smallest absolute Gasteiger partial charge is 0.258 e. The lowest BCUT2D eigenvalue weighted by atomic mass is 9.71. The Hall–Kier alpha value is -4.02. The van der Waals surface area contributed by atoms with Crippen molar-refractivity contribution >= 4 is 28.6 Å². The van der Waals surface area contributed by atoms with Crippen LogP contribution in [0, 0.1) is 19.3 Å². The first kappa shape index (κ1) is 30.3. The van der Waals surface area contributed by atoms with E-state index in [9.17, 15) is 4.79 Å². The predicted molar refractivity (Wildman–Crippen MR) is 183 cm³/mol. The molecule has 2 bridgehead atoms. The van der Waals surface area contributed by atoms with Gasteiger partial charge in [-0.15, -0.1) is 0 Å². The number of likely N-dealkylation sites (tertiary alicyclic amines) is 1. The van der Waals surface area contributed by atoms with Gasteiger partial charge in [0.05, 0.1) is 48.2 Å². The average Bonchev–Trinajstić information content (AvgIpc) is 3.38. The molecule has 3 saturated heterocycles. The Morgan fingerprint density at radius 2 is 1.68 bits per heavy atom. The summed E-state index contributed by atoms with van der Waals surface area (Å²) in [7, 11) is 0. The second kappa shape index (κ2) is 12.5. The van der Waals surface area contributed by atoms with Gasteiger partial charge in [-0.3, -0.25) is 25.0 Å². The zero-order valence-electron chi connectivity index (χ0n) is 27.6. The maximum atomic E-state index is 13.8. The Morgan fingerprint density at radius 3 is 2.47 bits per heavy atom. The van der Waals surface area contributed by atoms with Crippen LogP contribution in [0.3, 0.4) is 0 Å². The van der Waals surface area contributed by atoms with Gasteiger partial charge in [-0.1, -0.05) is 0 Å². The van der Waals surface area contributed by atoms with Gasteiger partial charge >= 0.3 is 0 Å². The van der Waals surface area contributed by atoms with E-state index in [-0.39, 0.29) is 5.91 Å². The molecule has 3 aromatic heterocycles. The lowest BCUT2D eigenvalue weighted by Crippen LogP contribution is -2.54. The molecule has 0 aliphatic carbocycles. The van der Waals surface area contributed by atoms with E-state index in [1.165, 1.54) is 44.5 Å². The molecule has 7 heterocycles. The van der Waals surface area contributed by atoms with Gasteiger partial charge < -0.3 is 18.9 Å². The zero-order valence-corrected chi connectivity index (χ0v) is 27.6. The van der Waals surface area contributed by atoms with Gasteiger partial charge in [-0.05, 0) is 108 Å². The van der Waals surface area contributed by atoms with Crippen LogP contribution in [0.15, 0.2) is 42.6 Å². The normalized spacial score (nSPS) is 20.8. The molecule has 4 aromatic rings. The molecule has 0 atom stereocenters. The van der Waals surface area contributed by atoms with E-state index in [4.69, 9.17) is 19.4 Å². The zero-order chi connectivity index (χ0) is 32.0. The second-order valence-electron chi connectivity index (χ2n) is 14.0. The Bertz CT molecular complexity index is 1780. The maximum absolute atomic E-state index is 13.8. The van der Waals surface area contributed by atoms with E-state index < -0.39 is 0 Å². The third kappa shape index (κ3) is 6.09. The van der Waals surface area contributed by atoms with Gasteiger partial charge in [-0.25, -0.2) is 4.98 Å². The number of rotatable bonds is 2. The third-order valence-electron chi connectivity index (χ3n) is 10.9. The summed E-state index contributed by atoms with van der Waals surface area (Å²) in [6.45, 7) is 11.6. The van der Waals surface area contributed by atoms with Crippen molar-refractivity contribution in [1.29, 1.82) is 0 Å². The molecule has 10 heteroatoms. The van der Waals surface area contributed by atoms with Crippen LogP contribution in [0.1, 0.15) is 66.7 Å². The fourth-order valence-electron chi connectivity index (χ4n) is 7.86. The van der Waals surface area contributed by atoms with Crippen molar-refractivity contribution in [2.75, 3.05) is 56.2 Å². The fraction of sp³-hybridized carbons (Fsp3) is 0.514. The second-order valence-corrected chi connectivity index (χ2v) is 14.0. The molecular weight excluding hydrogens is 590 g/mol. The van der Waals surface area contributed by atoms with Crippen molar-refractivity contribution < 1.29 is 14.3 Å².